The molecule has 6 rings (SSSR count). The molecule has 7 heteroatoms. The number of carbonyl (C=O) groups excluding carboxylic acids is 1. The SMILES string of the molecule is O=C1C[C@H](c2ccc3c(c2)OCO3)c2c(cc(O)c3c(=O)c(-c4ccccc4)coc23)O1. The molecule has 4 aromatic rings. The summed E-state index contributed by atoms with van der Waals surface area (Å²) in [5.74, 6) is 0.187. The molecule has 0 unspecified atom stereocenters. The number of aromatic hydroxyl groups is 1. The number of ether oxygens (including phenoxy) is 3. The number of phenolic OH excluding ortho intramolecular Hbond substituents is 1. The number of hydrogen-bond acceptors (Lipinski definition) is 7. The van der Waals surface area contributed by atoms with Gasteiger partial charge in [0.15, 0.2) is 11.5 Å². The molecule has 2 aliphatic heterocycles. The Morgan fingerprint density at radius 2 is 1.72 bits per heavy atom. The van der Waals surface area contributed by atoms with Gasteiger partial charge in [0.2, 0.25) is 12.2 Å². The van der Waals surface area contributed by atoms with Crippen LogP contribution >= 0.6 is 0 Å². The van der Waals surface area contributed by atoms with Crippen LogP contribution in [-0.2, 0) is 4.79 Å². The van der Waals surface area contributed by atoms with Crippen molar-refractivity contribution >= 4 is 16.9 Å². The predicted octanol–water partition coefficient (Wildman–Crippen LogP) is 4.34. The highest BCUT2D eigenvalue weighted by Crippen LogP contribution is 2.47. The summed E-state index contributed by atoms with van der Waals surface area (Å²) >= 11 is 0. The van der Waals surface area contributed by atoms with E-state index in [0.717, 1.165) is 5.56 Å². The first-order valence-corrected chi connectivity index (χ1v) is 10.1. The number of hydrogen-bond donors (Lipinski definition) is 1. The molecule has 0 spiro atoms. The van der Waals surface area contributed by atoms with Gasteiger partial charge in [-0.3, -0.25) is 9.59 Å². The molecule has 1 N–H and O–H groups in total. The lowest BCUT2D eigenvalue weighted by Gasteiger charge is -2.26. The second kappa shape index (κ2) is 6.88. The van der Waals surface area contributed by atoms with Gasteiger partial charge in [0, 0.05) is 17.5 Å². The molecule has 7 nitrogen and oxygen atoms in total. The van der Waals surface area contributed by atoms with E-state index in [1.165, 1.54) is 12.3 Å². The molecule has 0 aliphatic carbocycles. The first-order chi connectivity index (χ1) is 15.6. The zero-order valence-electron chi connectivity index (χ0n) is 16.7. The van der Waals surface area contributed by atoms with Gasteiger partial charge in [-0.2, -0.15) is 0 Å². The molecule has 3 aromatic carbocycles. The molecule has 0 bridgehead atoms. The average molecular weight is 428 g/mol. The molecule has 2 aliphatic rings. The van der Waals surface area contributed by atoms with Crippen LogP contribution < -0.4 is 19.6 Å². The molecule has 0 amide bonds. The fourth-order valence-electron chi connectivity index (χ4n) is 4.36. The maximum absolute atomic E-state index is 13.3. The lowest BCUT2D eigenvalue weighted by Crippen LogP contribution is -2.22. The summed E-state index contributed by atoms with van der Waals surface area (Å²) in [7, 11) is 0. The number of phenols is 1. The van der Waals surface area contributed by atoms with Crippen LogP contribution in [-0.4, -0.2) is 17.9 Å². The quantitative estimate of drug-likeness (QED) is 0.375. The van der Waals surface area contributed by atoms with Gasteiger partial charge in [-0.15, -0.1) is 0 Å². The average Bonchev–Trinajstić information content (AvgIpc) is 3.27. The topological polar surface area (TPSA) is 95.2 Å². The second-order valence-electron chi connectivity index (χ2n) is 7.70. The molecular weight excluding hydrogens is 412 g/mol. The van der Waals surface area contributed by atoms with Gasteiger partial charge >= 0.3 is 5.97 Å². The summed E-state index contributed by atoms with van der Waals surface area (Å²) in [6.45, 7) is 0.135. The van der Waals surface area contributed by atoms with Crippen LogP contribution in [0.2, 0.25) is 0 Å². The third-order valence-corrected chi connectivity index (χ3v) is 5.85. The van der Waals surface area contributed by atoms with Crippen LogP contribution in [0.25, 0.3) is 22.1 Å². The zero-order chi connectivity index (χ0) is 21.8. The lowest BCUT2D eigenvalue weighted by molar-refractivity contribution is -0.135. The largest absolute Gasteiger partial charge is 0.507 e. The monoisotopic (exact) mass is 428 g/mol. The molecule has 0 saturated heterocycles. The Hall–Kier alpha value is -4.26. The second-order valence-corrected chi connectivity index (χ2v) is 7.70. The van der Waals surface area contributed by atoms with Crippen LogP contribution in [0.4, 0.5) is 0 Å². The Balaban J connectivity index is 1.60. The molecule has 32 heavy (non-hydrogen) atoms. The maximum atomic E-state index is 13.3. The van der Waals surface area contributed by atoms with E-state index in [2.05, 4.69) is 0 Å². The lowest BCUT2D eigenvalue weighted by atomic mass is 9.84. The van der Waals surface area contributed by atoms with Gasteiger partial charge < -0.3 is 23.7 Å². The minimum Gasteiger partial charge on any atom is -0.507 e. The molecule has 0 fully saturated rings. The zero-order valence-corrected chi connectivity index (χ0v) is 16.7. The van der Waals surface area contributed by atoms with Gasteiger partial charge in [-0.1, -0.05) is 36.4 Å². The first-order valence-electron chi connectivity index (χ1n) is 10.1. The number of fused-ring (bicyclic) bond motifs is 4. The van der Waals surface area contributed by atoms with Crippen molar-refractivity contribution in [2.75, 3.05) is 6.79 Å². The van der Waals surface area contributed by atoms with Crippen molar-refractivity contribution in [3.63, 3.8) is 0 Å². The highest BCUT2D eigenvalue weighted by atomic mass is 16.7. The summed E-state index contributed by atoms with van der Waals surface area (Å²) < 4.78 is 22.2. The molecule has 1 atom stereocenters. The minimum atomic E-state index is -0.449. The number of benzene rings is 3. The van der Waals surface area contributed by atoms with E-state index in [1.54, 1.807) is 18.2 Å². The van der Waals surface area contributed by atoms with E-state index >= 15 is 0 Å². The van der Waals surface area contributed by atoms with E-state index in [0.29, 0.717) is 28.2 Å². The van der Waals surface area contributed by atoms with Gasteiger partial charge in [-0.25, -0.2) is 0 Å². The van der Waals surface area contributed by atoms with Gasteiger partial charge in [-0.05, 0) is 23.3 Å². The van der Waals surface area contributed by atoms with Crippen LogP contribution in [0.3, 0.4) is 0 Å². The highest BCUT2D eigenvalue weighted by Gasteiger charge is 2.34. The molecule has 0 radical (unpaired) electrons. The normalized spacial score (nSPS) is 16.6. The fraction of sp³-hybridized carbons (Fsp3) is 0.120. The van der Waals surface area contributed by atoms with E-state index in [-0.39, 0.29) is 41.1 Å². The Labute approximate surface area is 181 Å². The van der Waals surface area contributed by atoms with Gasteiger partial charge in [0.25, 0.3) is 0 Å². The third kappa shape index (κ3) is 2.75. The van der Waals surface area contributed by atoms with Gasteiger partial charge in [0.05, 0.1) is 12.0 Å². The highest BCUT2D eigenvalue weighted by molar-refractivity contribution is 5.94. The minimum absolute atomic E-state index is 0.0498. The third-order valence-electron chi connectivity index (χ3n) is 5.85. The summed E-state index contributed by atoms with van der Waals surface area (Å²) in [6, 6.07) is 15.8. The van der Waals surface area contributed by atoms with Crippen molar-refractivity contribution in [3.05, 3.63) is 82.2 Å². The fourth-order valence-corrected chi connectivity index (χ4v) is 4.36. The van der Waals surface area contributed by atoms with E-state index in [1.807, 2.05) is 30.3 Å². The van der Waals surface area contributed by atoms with E-state index in [9.17, 15) is 14.7 Å². The van der Waals surface area contributed by atoms with Crippen LogP contribution in [0.15, 0.2) is 70.1 Å². The maximum Gasteiger partial charge on any atom is 0.312 e. The number of esters is 1. The Morgan fingerprint density at radius 3 is 2.56 bits per heavy atom. The Kier molecular flexibility index (Phi) is 3.98. The predicted molar refractivity (Wildman–Crippen MR) is 114 cm³/mol. The molecular formula is C25H16O7. The van der Waals surface area contributed by atoms with Crippen molar-refractivity contribution < 1.29 is 28.5 Å². The Morgan fingerprint density at radius 1 is 0.906 bits per heavy atom. The molecule has 3 heterocycles. The number of rotatable bonds is 2. The van der Waals surface area contributed by atoms with Crippen LogP contribution in [0, 0.1) is 0 Å². The van der Waals surface area contributed by atoms with E-state index < -0.39 is 11.9 Å². The summed E-state index contributed by atoms with van der Waals surface area (Å²) in [6.07, 6.45) is 1.43. The Bertz CT molecular complexity index is 1450. The molecule has 158 valence electrons. The summed E-state index contributed by atoms with van der Waals surface area (Å²) in [5, 5.41) is 10.7. The first kappa shape index (κ1) is 18.5. The van der Waals surface area contributed by atoms with Crippen molar-refractivity contribution in [3.8, 4) is 34.1 Å². The summed E-state index contributed by atoms with van der Waals surface area (Å²) in [5.41, 5.74) is 2.17. The number of carbonyl (C=O) groups is 1. The van der Waals surface area contributed by atoms with Crippen molar-refractivity contribution in [2.24, 2.45) is 0 Å². The van der Waals surface area contributed by atoms with Crippen LogP contribution in [0.1, 0.15) is 23.5 Å². The molecule has 1 aromatic heterocycles. The summed E-state index contributed by atoms with van der Waals surface area (Å²) in [4.78, 5) is 25.7. The van der Waals surface area contributed by atoms with Crippen molar-refractivity contribution in [2.45, 2.75) is 12.3 Å². The van der Waals surface area contributed by atoms with E-state index in [4.69, 9.17) is 18.6 Å². The van der Waals surface area contributed by atoms with Crippen molar-refractivity contribution in [1.82, 2.24) is 0 Å². The van der Waals surface area contributed by atoms with Gasteiger partial charge in [0.1, 0.15) is 28.7 Å². The molecule has 0 saturated carbocycles. The smallest absolute Gasteiger partial charge is 0.312 e. The van der Waals surface area contributed by atoms with Crippen LogP contribution in [0.5, 0.6) is 23.0 Å². The van der Waals surface area contributed by atoms with Crippen molar-refractivity contribution in [1.29, 1.82) is 0 Å². The standard InChI is InChI=1S/C25H16O7/c26-17-10-20-22(25-23(17)24(28)16(11-29-25)13-4-2-1-3-5-13)15(9-21(27)32-20)14-6-7-18-19(8-14)31-12-30-18/h1-8,10-11,15,26H,9,12H2/t15-/m1/s1.